The summed E-state index contributed by atoms with van der Waals surface area (Å²) in [5.41, 5.74) is 0. The van der Waals surface area contributed by atoms with Crippen LogP contribution in [0, 0.1) is 0 Å². The molecule has 0 saturated heterocycles. The minimum Gasteiger partial charge on any atom is -0.481 e. The van der Waals surface area contributed by atoms with Crippen molar-refractivity contribution in [2.24, 2.45) is 0 Å². The molecule has 0 aromatic rings. The van der Waals surface area contributed by atoms with Crippen LogP contribution in [0.1, 0.15) is 13.3 Å². The van der Waals surface area contributed by atoms with Gasteiger partial charge in [0.2, 0.25) is 0 Å². The van der Waals surface area contributed by atoms with Gasteiger partial charge in [0.25, 0.3) is 0 Å². The SMILES string of the molecule is COCCOCCO[C@@H](C)CC(=O)O. The van der Waals surface area contributed by atoms with E-state index in [0.717, 1.165) is 0 Å². The van der Waals surface area contributed by atoms with Gasteiger partial charge in [0, 0.05) is 7.11 Å². The molecule has 1 atom stereocenters. The Labute approximate surface area is 84.0 Å². The van der Waals surface area contributed by atoms with Gasteiger partial charge < -0.3 is 19.3 Å². The van der Waals surface area contributed by atoms with Crippen molar-refractivity contribution in [2.45, 2.75) is 19.4 Å². The summed E-state index contributed by atoms with van der Waals surface area (Å²) in [4.78, 5) is 10.3. The third-order valence-electron chi connectivity index (χ3n) is 1.52. The molecule has 1 N–H and O–H groups in total. The molecule has 0 unspecified atom stereocenters. The van der Waals surface area contributed by atoms with Crippen LogP contribution in [-0.4, -0.2) is 50.7 Å². The summed E-state index contributed by atoms with van der Waals surface area (Å²) in [6.07, 6.45) is -0.239. The monoisotopic (exact) mass is 206 g/mol. The third-order valence-corrected chi connectivity index (χ3v) is 1.52. The predicted molar refractivity (Wildman–Crippen MR) is 50.4 cm³/mol. The van der Waals surface area contributed by atoms with Crippen molar-refractivity contribution < 1.29 is 24.1 Å². The fourth-order valence-corrected chi connectivity index (χ4v) is 0.857. The van der Waals surface area contributed by atoms with Gasteiger partial charge in [0.1, 0.15) is 0 Å². The Morgan fingerprint density at radius 1 is 1.29 bits per heavy atom. The minimum atomic E-state index is -0.849. The van der Waals surface area contributed by atoms with E-state index in [1.807, 2.05) is 0 Å². The van der Waals surface area contributed by atoms with Crippen LogP contribution in [0.5, 0.6) is 0 Å². The topological polar surface area (TPSA) is 65.0 Å². The highest BCUT2D eigenvalue weighted by Gasteiger charge is 2.06. The molecule has 5 heteroatoms. The molecule has 84 valence electrons. The maximum atomic E-state index is 10.3. The minimum absolute atomic E-state index is 0.0259. The van der Waals surface area contributed by atoms with Gasteiger partial charge in [-0.2, -0.15) is 0 Å². The molecule has 5 nitrogen and oxygen atoms in total. The highest BCUT2D eigenvalue weighted by Crippen LogP contribution is 1.96. The van der Waals surface area contributed by atoms with Gasteiger partial charge >= 0.3 is 5.97 Å². The van der Waals surface area contributed by atoms with Crippen LogP contribution in [0.25, 0.3) is 0 Å². The lowest BCUT2D eigenvalue weighted by Crippen LogP contribution is -2.17. The molecular formula is C9H18O5. The summed E-state index contributed by atoms with van der Waals surface area (Å²) < 4.78 is 15.1. The van der Waals surface area contributed by atoms with Crippen molar-refractivity contribution in [3.8, 4) is 0 Å². The zero-order valence-electron chi connectivity index (χ0n) is 8.69. The second-order valence-electron chi connectivity index (χ2n) is 2.88. The molecular weight excluding hydrogens is 188 g/mol. The Balaban J connectivity index is 3.14. The first-order valence-corrected chi connectivity index (χ1v) is 4.57. The second kappa shape index (κ2) is 8.93. The average molecular weight is 206 g/mol. The highest BCUT2D eigenvalue weighted by atomic mass is 16.5. The van der Waals surface area contributed by atoms with Gasteiger partial charge in [-0.05, 0) is 6.92 Å². The normalized spacial score (nSPS) is 12.7. The lowest BCUT2D eigenvalue weighted by Gasteiger charge is -2.10. The zero-order chi connectivity index (χ0) is 10.8. The summed E-state index contributed by atoms with van der Waals surface area (Å²) in [5.74, 6) is -0.849. The summed E-state index contributed by atoms with van der Waals surface area (Å²) in [6, 6.07) is 0. The van der Waals surface area contributed by atoms with Gasteiger partial charge in [-0.25, -0.2) is 0 Å². The third kappa shape index (κ3) is 9.44. The number of ether oxygens (including phenoxy) is 3. The standard InChI is InChI=1S/C9H18O5/c1-8(7-9(10)11)14-6-5-13-4-3-12-2/h8H,3-7H2,1-2H3,(H,10,11)/t8-/m0/s1. The molecule has 0 saturated carbocycles. The molecule has 0 spiro atoms. The Hall–Kier alpha value is -0.650. The fraction of sp³-hybridized carbons (Fsp3) is 0.889. The smallest absolute Gasteiger partial charge is 0.305 e. The Kier molecular flexibility index (Phi) is 8.51. The first-order valence-electron chi connectivity index (χ1n) is 4.57. The van der Waals surface area contributed by atoms with Crippen LogP contribution in [0.3, 0.4) is 0 Å². The molecule has 0 aliphatic rings. The van der Waals surface area contributed by atoms with Gasteiger partial charge in [0.15, 0.2) is 0 Å². The molecule has 0 aromatic carbocycles. The number of carboxylic acid groups (broad SMARTS) is 1. The summed E-state index contributed by atoms with van der Waals surface area (Å²) in [6.45, 7) is 3.70. The molecule has 0 bridgehead atoms. The number of carbonyl (C=O) groups is 1. The van der Waals surface area contributed by atoms with Crippen molar-refractivity contribution in [3.05, 3.63) is 0 Å². The molecule has 0 fully saturated rings. The zero-order valence-corrected chi connectivity index (χ0v) is 8.69. The van der Waals surface area contributed by atoms with Crippen LogP contribution >= 0.6 is 0 Å². The number of methoxy groups -OCH3 is 1. The molecule has 0 aliphatic heterocycles. The number of carboxylic acids is 1. The lowest BCUT2D eigenvalue weighted by atomic mass is 10.3. The fourth-order valence-electron chi connectivity index (χ4n) is 0.857. The van der Waals surface area contributed by atoms with E-state index in [2.05, 4.69) is 0 Å². The second-order valence-corrected chi connectivity index (χ2v) is 2.88. The van der Waals surface area contributed by atoms with E-state index in [1.54, 1.807) is 14.0 Å². The van der Waals surface area contributed by atoms with Gasteiger partial charge in [-0.3, -0.25) is 4.79 Å². The van der Waals surface area contributed by atoms with E-state index in [0.29, 0.717) is 26.4 Å². The van der Waals surface area contributed by atoms with Crippen molar-refractivity contribution in [1.82, 2.24) is 0 Å². The predicted octanol–water partition coefficient (Wildman–Crippen LogP) is 0.529. The molecule has 0 rings (SSSR count). The van der Waals surface area contributed by atoms with E-state index in [-0.39, 0.29) is 12.5 Å². The molecule has 14 heavy (non-hydrogen) atoms. The highest BCUT2D eigenvalue weighted by molar-refractivity contribution is 5.67. The van der Waals surface area contributed by atoms with Crippen molar-refractivity contribution >= 4 is 5.97 Å². The van der Waals surface area contributed by atoms with E-state index in [9.17, 15) is 4.79 Å². The van der Waals surface area contributed by atoms with Crippen LogP contribution in [0.15, 0.2) is 0 Å². The Morgan fingerprint density at radius 2 is 1.93 bits per heavy atom. The average Bonchev–Trinajstić information content (AvgIpc) is 2.10. The largest absolute Gasteiger partial charge is 0.481 e. The van der Waals surface area contributed by atoms with Crippen molar-refractivity contribution in [1.29, 1.82) is 0 Å². The number of hydrogen-bond donors (Lipinski definition) is 1. The lowest BCUT2D eigenvalue weighted by molar-refractivity contribution is -0.140. The van der Waals surface area contributed by atoms with E-state index >= 15 is 0 Å². The van der Waals surface area contributed by atoms with E-state index < -0.39 is 5.97 Å². The number of hydrogen-bond acceptors (Lipinski definition) is 4. The molecule has 0 radical (unpaired) electrons. The van der Waals surface area contributed by atoms with Gasteiger partial charge in [-0.15, -0.1) is 0 Å². The van der Waals surface area contributed by atoms with E-state index in [4.69, 9.17) is 19.3 Å². The quantitative estimate of drug-likeness (QED) is 0.557. The summed E-state index contributed by atoms with van der Waals surface area (Å²) >= 11 is 0. The molecule has 0 heterocycles. The van der Waals surface area contributed by atoms with Crippen LogP contribution in [-0.2, 0) is 19.0 Å². The number of aliphatic carboxylic acids is 1. The van der Waals surface area contributed by atoms with Crippen molar-refractivity contribution in [2.75, 3.05) is 33.5 Å². The first kappa shape index (κ1) is 13.4. The van der Waals surface area contributed by atoms with E-state index in [1.165, 1.54) is 0 Å². The van der Waals surface area contributed by atoms with Crippen LogP contribution < -0.4 is 0 Å². The van der Waals surface area contributed by atoms with Crippen molar-refractivity contribution in [3.63, 3.8) is 0 Å². The Bertz CT molecular complexity index is 148. The van der Waals surface area contributed by atoms with Crippen LogP contribution in [0.4, 0.5) is 0 Å². The summed E-state index contributed by atoms with van der Waals surface area (Å²) in [5, 5.41) is 8.43. The summed E-state index contributed by atoms with van der Waals surface area (Å²) in [7, 11) is 1.61. The maximum Gasteiger partial charge on any atom is 0.305 e. The number of rotatable bonds is 9. The molecule has 0 amide bonds. The first-order chi connectivity index (χ1) is 6.66. The maximum absolute atomic E-state index is 10.3. The van der Waals surface area contributed by atoms with Gasteiger partial charge in [-0.1, -0.05) is 0 Å². The van der Waals surface area contributed by atoms with Crippen LogP contribution in [0.2, 0.25) is 0 Å². The van der Waals surface area contributed by atoms with Gasteiger partial charge in [0.05, 0.1) is 39.0 Å². The molecule has 0 aliphatic carbocycles. The molecule has 0 aromatic heterocycles. The Morgan fingerprint density at radius 3 is 2.50 bits per heavy atom.